The van der Waals surface area contributed by atoms with Crippen molar-refractivity contribution in [2.75, 3.05) is 13.2 Å². The molecule has 5 nitrogen and oxygen atoms in total. The standard InChI is InChI=1S/C23H20N2O3/c1-4-22(26)28-15-5-14-27-20-12-10-19(11-13-20)23(25-3)21(16-24)18-8-6-17(2)7-9-18/h4,6-13H,1,5,14-15H2,2H3/b23-21-. The fraction of sp³-hybridized carbons (Fsp3) is 0.174. The van der Waals surface area contributed by atoms with Gasteiger partial charge in [-0.05, 0) is 30.2 Å². The molecule has 0 spiro atoms. The first kappa shape index (κ1) is 20.5. The average molecular weight is 372 g/mol. The van der Waals surface area contributed by atoms with Crippen LogP contribution in [-0.4, -0.2) is 19.2 Å². The van der Waals surface area contributed by atoms with Crippen LogP contribution in [0.4, 0.5) is 0 Å². The number of esters is 1. The van der Waals surface area contributed by atoms with Gasteiger partial charge in [0.1, 0.15) is 5.75 Å². The average Bonchev–Trinajstić information content (AvgIpc) is 2.73. The zero-order valence-corrected chi connectivity index (χ0v) is 15.6. The van der Waals surface area contributed by atoms with Crippen LogP contribution in [0.3, 0.4) is 0 Å². The normalized spacial score (nSPS) is 10.8. The van der Waals surface area contributed by atoms with Crippen molar-refractivity contribution >= 4 is 17.2 Å². The van der Waals surface area contributed by atoms with Crippen LogP contribution in [0.2, 0.25) is 0 Å². The van der Waals surface area contributed by atoms with Gasteiger partial charge in [0, 0.05) is 12.5 Å². The second-order valence-electron chi connectivity index (χ2n) is 5.91. The van der Waals surface area contributed by atoms with E-state index in [-0.39, 0.29) is 6.61 Å². The summed E-state index contributed by atoms with van der Waals surface area (Å²) in [5, 5.41) is 9.57. The lowest BCUT2D eigenvalue weighted by atomic mass is 10.00. The molecule has 0 bridgehead atoms. The lowest BCUT2D eigenvalue weighted by molar-refractivity contribution is -0.137. The van der Waals surface area contributed by atoms with Crippen molar-refractivity contribution in [2.24, 2.45) is 0 Å². The fourth-order valence-corrected chi connectivity index (χ4v) is 2.43. The van der Waals surface area contributed by atoms with E-state index in [0.717, 1.165) is 11.6 Å². The molecule has 2 rings (SSSR count). The molecule has 0 aliphatic heterocycles. The Morgan fingerprint density at radius 1 is 1.14 bits per heavy atom. The molecule has 0 saturated carbocycles. The van der Waals surface area contributed by atoms with E-state index in [4.69, 9.17) is 16.0 Å². The Morgan fingerprint density at radius 2 is 1.79 bits per heavy atom. The van der Waals surface area contributed by atoms with Crippen molar-refractivity contribution in [1.82, 2.24) is 0 Å². The second-order valence-corrected chi connectivity index (χ2v) is 5.91. The number of nitrogens with zero attached hydrogens (tertiary/aromatic N) is 2. The van der Waals surface area contributed by atoms with Gasteiger partial charge >= 0.3 is 5.97 Å². The number of nitriles is 1. The van der Waals surface area contributed by atoms with Crippen LogP contribution in [-0.2, 0) is 9.53 Å². The first-order valence-electron chi connectivity index (χ1n) is 8.70. The summed E-state index contributed by atoms with van der Waals surface area (Å²) >= 11 is 0. The minimum absolute atomic E-state index is 0.260. The Hall–Kier alpha value is -3.83. The fourth-order valence-electron chi connectivity index (χ4n) is 2.43. The monoisotopic (exact) mass is 372 g/mol. The summed E-state index contributed by atoms with van der Waals surface area (Å²) in [6, 6.07) is 16.7. The van der Waals surface area contributed by atoms with E-state index < -0.39 is 5.97 Å². The van der Waals surface area contributed by atoms with Crippen molar-refractivity contribution in [3.8, 4) is 11.8 Å². The summed E-state index contributed by atoms with van der Waals surface area (Å²) < 4.78 is 10.5. The maximum Gasteiger partial charge on any atom is 0.330 e. The first-order chi connectivity index (χ1) is 13.6. The van der Waals surface area contributed by atoms with Crippen molar-refractivity contribution < 1.29 is 14.3 Å². The molecule has 0 aliphatic carbocycles. The SMILES string of the molecule is [C-]#[N+]/C(=C(/C#N)c1ccc(C)cc1)c1ccc(OCCCOC(=O)C=C)cc1. The smallest absolute Gasteiger partial charge is 0.330 e. The summed E-state index contributed by atoms with van der Waals surface area (Å²) in [4.78, 5) is 14.5. The van der Waals surface area contributed by atoms with Gasteiger partial charge in [0.15, 0.2) is 0 Å². The molecule has 2 aromatic carbocycles. The van der Waals surface area contributed by atoms with Crippen LogP contribution >= 0.6 is 0 Å². The van der Waals surface area contributed by atoms with Crippen molar-refractivity contribution in [2.45, 2.75) is 13.3 Å². The van der Waals surface area contributed by atoms with Crippen molar-refractivity contribution in [1.29, 1.82) is 5.26 Å². The third-order valence-electron chi connectivity index (χ3n) is 3.90. The third-order valence-corrected chi connectivity index (χ3v) is 3.90. The predicted octanol–water partition coefficient (Wildman–Crippen LogP) is 4.80. The molecular formula is C23H20N2O3. The predicted molar refractivity (Wildman–Crippen MR) is 108 cm³/mol. The van der Waals surface area contributed by atoms with Crippen molar-refractivity contribution in [3.63, 3.8) is 0 Å². The summed E-state index contributed by atoms with van der Waals surface area (Å²) in [7, 11) is 0. The molecule has 0 aliphatic rings. The minimum Gasteiger partial charge on any atom is -0.493 e. The highest BCUT2D eigenvalue weighted by Gasteiger charge is 2.12. The van der Waals surface area contributed by atoms with Crippen LogP contribution in [0.5, 0.6) is 5.75 Å². The number of hydrogen-bond donors (Lipinski definition) is 0. The number of carbonyl (C=O) groups is 1. The van der Waals surface area contributed by atoms with Gasteiger partial charge in [-0.2, -0.15) is 5.26 Å². The largest absolute Gasteiger partial charge is 0.493 e. The number of aryl methyl sites for hydroxylation is 1. The maximum atomic E-state index is 10.9. The molecule has 5 heteroatoms. The number of benzene rings is 2. The molecule has 0 amide bonds. The Morgan fingerprint density at radius 3 is 2.36 bits per heavy atom. The van der Waals surface area contributed by atoms with E-state index in [1.54, 1.807) is 24.3 Å². The zero-order valence-electron chi connectivity index (χ0n) is 15.6. The van der Waals surface area contributed by atoms with Gasteiger partial charge in [-0.15, -0.1) is 0 Å². The number of hydrogen-bond acceptors (Lipinski definition) is 4. The maximum absolute atomic E-state index is 10.9. The van der Waals surface area contributed by atoms with Gasteiger partial charge in [-0.1, -0.05) is 48.5 Å². The van der Waals surface area contributed by atoms with Crippen LogP contribution in [0.25, 0.3) is 16.1 Å². The van der Waals surface area contributed by atoms with Gasteiger partial charge in [-0.3, -0.25) is 0 Å². The Balaban J connectivity index is 2.08. The van der Waals surface area contributed by atoms with E-state index in [1.165, 1.54) is 0 Å². The summed E-state index contributed by atoms with van der Waals surface area (Å²) in [5.41, 5.74) is 3.10. The Bertz CT molecular complexity index is 943. The van der Waals surface area contributed by atoms with Crippen LogP contribution < -0.4 is 4.74 Å². The first-order valence-corrected chi connectivity index (χ1v) is 8.70. The quantitative estimate of drug-likeness (QED) is 0.167. The molecule has 0 saturated heterocycles. The highest BCUT2D eigenvalue weighted by atomic mass is 16.5. The van der Waals surface area contributed by atoms with E-state index in [2.05, 4.69) is 17.5 Å². The lowest BCUT2D eigenvalue weighted by Gasteiger charge is -2.08. The molecule has 140 valence electrons. The summed E-state index contributed by atoms with van der Waals surface area (Å²) in [6.07, 6.45) is 1.68. The van der Waals surface area contributed by atoms with Gasteiger partial charge in [0.25, 0.3) is 0 Å². The van der Waals surface area contributed by atoms with Crippen LogP contribution in [0, 0.1) is 24.8 Å². The Labute approximate surface area is 165 Å². The molecule has 2 aromatic rings. The van der Waals surface area contributed by atoms with Crippen molar-refractivity contribution in [3.05, 3.63) is 89.3 Å². The molecule has 0 radical (unpaired) electrons. The molecule has 0 heterocycles. The number of allylic oxidation sites excluding steroid dienone is 1. The van der Waals surface area contributed by atoms with E-state index in [9.17, 15) is 10.1 Å². The van der Waals surface area contributed by atoms with E-state index >= 15 is 0 Å². The number of ether oxygens (including phenoxy) is 2. The van der Waals surface area contributed by atoms with E-state index in [0.29, 0.717) is 41.2 Å². The zero-order chi connectivity index (χ0) is 20.4. The molecular weight excluding hydrogens is 352 g/mol. The minimum atomic E-state index is -0.454. The highest BCUT2D eigenvalue weighted by Crippen LogP contribution is 2.28. The summed E-state index contributed by atoms with van der Waals surface area (Å²) in [6.45, 7) is 13.5. The second kappa shape index (κ2) is 10.4. The molecule has 0 N–H and O–H groups in total. The molecule has 0 aromatic heterocycles. The third kappa shape index (κ3) is 5.59. The molecule has 0 unspecified atom stereocenters. The molecule has 28 heavy (non-hydrogen) atoms. The van der Waals surface area contributed by atoms with Gasteiger partial charge in [0.05, 0.1) is 31.4 Å². The van der Waals surface area contributed by atoms with Gasteiger partial charge in [0.2, 0.25) is 5.70 Å². The number of rotatable bonds is 8. The molecule has 0 atom stereocenters. The van der Waals surface area contributed by atoms with Gasteiger partial charge < -0.3 is 9.47 Å². The Kier molecular flexibility index (Phi) is 7.57. The summed E-state index contributed by atoms with van der Waals surface area (Å²) in [5.74, 6) is 0.182. The van der Waals surface area contributed by atoms with Gasteiger partial charge in [-0.25, -0.2) is 9.64 Å². The van der Waals surface area contributed by atoms with E-state index in [1.807, 2.05) is 31.2 Å². The lowest BCUT2D eigenvalue weighted by Crippen LogP contribution is -2.06. The highest BCUT2D eigenvalue weighted by molar-refractivity contribution is 5.99. The number of carbonyl (C=O) groups excluding carboxylic acids is 1. The topological polar surface area (TPSA) is 63.7 Å². The van der Waals surface area contributed by atoms with Crippen LogP contribution in [0.1, 0.15) is 23.1 Å². The van der Waals surface area contributed by atoms with Crippen LogP contribution in [0.15, 0.2) is 61.2 Å². The molecule has 0 fully saturated rings.